The highest BCUT2D eigenvalue weighted by Gasteiger charge is 2.57. The Morgan fingerprint density at radius 3 is 2.83 bits per heavy atom. The Hall–Kier alpha value is -0.580. The highest BCUT2D eigenvalue weighted by Crippen LogP contribution is 2.67. The first-order valence-corrected chi connectivity index (χ1v) is 10.8. The molecular formula is C19H24N2S2. The Bertz CT molecular complexity index is 747. The van der Waals surface area contributed by atoms with Crippen LogP contribution in [0.15, 0.2) is 24.3 Å². The van der Waals surface area contributed by atoms with Crippen LogP contribution in [0, 0.1) is 11.8 Å². The van der Waals surface area contributed by atoms with E-state index in [4.69, 9.17) is 0 Å². The Balaban J connectivity index is 1.84. The fraction of sp³-hybridized carbons (Fsp3) is 0.579. The largest absolute Gasteiger partial charge is 0.356 e. The molecule has 1 spiro atoms. The van der Waals surface area contributed by atoms with E-state index in [1.54, 1.807) is 11.3 Å². The number of piperidine rings is 1. The molecule has 1 aromatic carbocycles. The molecule has 0 saturated carbocycles. The summed E-state index contributed by atoms with van der Waals surface area (Å²) < 4.78 is 0.285. The molecule has 2 bridgehead atoms. The van der Waals surface area contributed by atoms with Gasteiger partial charge >= 0.3 is 0 Å². The number of para-hydroxylation sites is 1. The summed E-state index contributed by atoms with van der Waals surface area (Å²) in [6.45, 7) is 3.65. The fourth-order valence-electron chi connectivity index (χ4n) is 5.37. The number of thioether (sulfide) groups is 2. The predicted molar refractivity (Wildman–Crippen MR) is 102 cm³/mol. The van der Waals surface area contributed by atoms with E-state index in [9.17, 15) is 0 Å². The normalized spacial score (nSPS) is 32.5. The first-order chi connectivity index (χ1) is 11.3. The van der Waals surface area contributed by atoms with E-state index in [1.165, 1.54) is 41.8 Å². The minimum Gasteiger partial charge on any atom is -0.356 e. The molecule has 3 heterocycles. The lowest BCUT2D eigenvalue weighted by Crippen LogP contribution is -2.51. The molecular weight excluding hydrogens is 320 g/mol. The van der Waals surface area contributed by atoms with Gasteiger partial charge in [0.2, 0.25) is 0 Å². The van der Waals surface area contributed by atoms with Crippen LogP contribution in [0.5, 0.6) is 0 Å². The lowest BCUT2D eigenvalue weighted by atomic mass is 9.68. The zero-order valence-corrected chi connectivity index (χ0v) is 15.5. The Kier molecular flexibility index (Phi) is 3.34. The van der Waals surface area contributed by atoms with Gasteiger partial charge in [0.05, 0.1) is 0 Å². The topological polar surface area (TPSA) is 19.0 Å². The second kappa shape index (κ2) is 5.21. The van der Waals surface area contributed by atoms with Crippen molar-refractivity contribution >= 4 is 34.4 Å². The molecule has 1 aromatic heterocycles. The third-order valence-corrected chi connectivity index (χ3v) is 9.91. The van der Waals surface area contributed by atoms with Gasteiger partial charge in [-0.1, -0.05) is 31.5 Å². The molecule has 1 unspecified atom stereocenters. The average Bonchev–Trinajstić information content (AvgIpc) is 3.19. The van der Waals surface area contributed by atoms with Crippen LogP contribution in [0.4, 0.5) is 0 Å². The zero-order chi connectivity index (χ0) is 15.6. The van der Waals surface area contributed by atoms with Crippen molar-refractivity contribution in [3.8, 4) is 0 Å². The van der Waals surface area contributed by atoms with E-state index in [2.05, 4.69) is 71.6 Å². The molecule has 3 atom stereocenters. The SMILES string of the molecule is CCC1[C@@H]2c3c([nH]c4ccccc34)C3(SCCS3)[C@H]1CCN2C. The van der Waals surface area contributed by atoms with Gasteiger partial charge in [0, 0.05) is 39.7 Å². The minimum atomic E-state index is 0.285. The number of aromatic nitrogens is 1. The molecule has 2 saturated heterocycles. The average molecular weight is 345 g/mol. The molecule has 2 aliphatic heterocycles. The molecule has 122 valence electrons. The smallest absolute Gasteiger partial charge is 0.104 e. The molecule has 2 fully saturated rings. The van der Waals surface area contributed by atoms with E-state index < -0.39 is 0 Å². The number of H-pyrrole nitrogens is 1. The number of rotatable bonds is 1. The minimum absolute atomic E-state index is 0.285. The van der Waals surface area contributed by atoms with Crippen molar-refractivity contribution in [3.05, 3.63) is 35.5 Å². The van der Waals surface area contributed by atoms with Crippen LogP contribution in [0.3, 0.4) is 0 Å². The van der Waals surface area contributed by atoms with Crippen LogP contribution in [0.2, 0.25) is 0 Å². The summed E-state index contributed by atoms with van der Waals surface area (Å²) in [7, 11) is 2.34. The quantitative estimate of drug-likeness (QED) is 0.799. The van der Waals surface area contributed by atoms with E-state index in [1.807, 2.05) is 0 Å². The van der Waals surface area contributed by atoms with Gasteiger partial charge < -0.3 is 4.98 Å². The lowest BCUT2D eigenvalue weighted by Gasteiger charge is -2.54. The Morgan fingerprint density at radius 1 is 1.26 bits per heavy atom. The second-order valence-electron chi connectivity index (χ2n) is 7.22. The number of hydrogen-bond acceptors (Lipinski definition) is 3. The van der Waals surface area contributed by atoms with Gasteiger partial charge in [-0.05, 0) is 37.9 Å². The van der Waals surface area contributed by atoms with Crippen LogP contribution in [0.1, 0.15) is 37.1 Å². The van der Waals surface area contributed by atoms with Gasteiger partial charge in [-0.15, -0.1) is 23.5 Å². The van der Waals surface area contributed by atoms with Crippen molar-refractivity contribution in [2.24, 2.45) is 11.8 Å². The van der Waals surface area contributed by atoms with Crippen molar-refractivity contribution in [2.75, 3.05) is 25.1 Å². The third kappa shape index (κ3) is 1.83. The number of likely N-dealkylation sites (tertiary alicyclic amines) is 1. The lowest BCUT2D eigenvalue weighted by molar-refractivity contribution is 0.0461. The first kappa shape index (κ1) is 14.7. The molecule has 0 radical (unpaired) electrons. The van der Waals surface area contributed by atoms with Crippen LogP contribution < -0.4 is 0 Å². The summed E-state index contributed by atoms with van der Waals surface area (Å²) in [5.41, 5.74) is 4.51. The van der Waals surface area contributed by atoms with E-state index in [-0.39, 0.29) is 4.08 Å². The molecule has 0 amide bonds. The van der Waals surface area contributed by atoms with Crippen molar-refractivity contribution < 1.29 is 0 Å². The summed E-state index contributed by atoms with van der Waals surface area (Å²) >= 11 is 4.45. The highest BCUT2D eigenvalue weighted by atomic mass is 32.2. The zero-order valence-electron chi connectivity index (χ0n) is 13.8. The maximum Gasteiger partial charge on any atom is 0.104 e. The monoisotopic (exact) mass is 344 g/mol. The Morgan fingerprint density at radius 2 is 2.04 bits per heavy atom. The van der Waals surface area contributed by atoms with Gasteiger partial charge in [0.25, 0.3) is 0 Å². The van der Waals surface area contributed by atoms with Gasteiger partial charge in [-0.2, -0.15) is 0 Å². The van der Waals surface area contributed by atoms with Crippen LogP contribution in [-0.2, 0) is 4.08 Å². The maximum absolute atomic E-state index is 3.87. The molecule has 23 heavy (non-hydrogen) atoms. The summed E-state index contributed by atoms with van der Waals surface area (Å²) in [5.74, 6) is 4.20. The summed E-state index contributed by atoms with van der Waals surface area (Å²) in [4.78, 5) is 6.50. The molecule has 2 aromatic rings. The summed E-state index contributed by atoms with van der Waals surface area (Å²) in [5, 5.41) is 1.46. The number of nitrogens with one attached hydrogen (secondary N) is 1. The van der Waals surface area contributed by atoms with E-state index in [0.29, 0.717) is 6.04 Å². The molecule has 3 aliphatic rings. The van der Waals surface area contributed by atoms with Crippen molar-refractivity contribution in [3.63, 3.8) is 0 Å². The van der Waals surface area contributed by atoms with E-state index >= 15 is 0 Å². The maximum atomic E-state index is 3.87. The van der Waals surface area contributed by atoms with E-state index in [0.717, 1.165) is 11.8 Å². The van der Waals surface area contributed by atoms with Crippen molar-refractivity contribution in [2.45, 2.75) is 29.9 Å². The van der Waals surface area contributed by atoms with Gasteiger partial charge in [0.15, 0.2) is 0 Å². The fourth-order valence-corrected chi connectivity index (χ4v) is 9.11. The molecule has 1 aliphatic carbocycles. The van der Waals surface area contributed by atoms with Gasteiger partial charge in [-0.3, -0.25) is 4.90 Å². The summed E-state index contributed by atoms with van der Waals surface area (Å²) in [6, 6.07) is 9.55. The molecule has 2 nitrogen and oxygen atoms in total. The summed E-state index contributed by atoms with van der Waals surface area (Å²) in [6.07, 6.45) is 2.64. The number of fused-ring (bicyclic) bond motifs is 8. The van der Waals surface area contributed by atoms with Crippen molar-refractivity contribution in [1.29, 1.82) is 0 Å². The van der Waals surface area contributed by atoms with Gasteiger partial charge in [0.1, 0.15) is 4.08 Å². The van der Waals surface area contributed by atoms with Crippen molar-refractivity contribution in [1.82, 2.24) is 9.88 Å². The second-order valence-corrected chi connectivity index (χ2v) is 10.2. The molecule has 4 heteroatoms. The number of benzene rings is 1. The molecule has 1 N–H and O–H groups in total. The number of hydrogen-bond donors (Lipinski definition) is 1. The van der Waals surface area contributed by atoms with Gasteiger partial charge in [-0.25, -0.2) is 0 Å². The Labute approximate surface area is 146 Å². The van der Waals surface area contributed by atoms with Crippen LogP contribution in [-0.4, -0.2) is 35.0 Å². The molecule has 5 rings (SSSR count). The number of nitrogens with zero attached hydrogens (tertiary/aromatic N) is 1. The third-order valence-electron chi connectivity index (χ3n) is 6.26. The first-order valence-electron chi connectivity index (χ1n) is 8.85. The number of aromatic amines is 1. The van der Waals surface area contributed by atoms with Crippen LogP contribution >= 0.6 is 23.5 Å². The van der Waals surface area contributed by atoms with Crippen LogP contribution in [0.25, 0.3) is 10.9 Å². The standard InChI is InChI=1S/C19H24N2S2/c1-3-12-14-8-9-21(2)17(12)16-13-6-4-5-7-15(13)20-18(16)19(14)22-10-11-23-19/h4-7,12,14,17,20H,3,8-11H2,1-2H3/t12?,14-,17+/m0/s1. The highest BCUT2D eigenvalue weighted by molar-refractivity contribution is 8.20. The predicted octanol–water partition coefficient (Wildman–Crippen LogP) is 4.83.